The molecule has 0 unspecified atom stereocenters. The van der Waals surface area contributed by atoms with Gasteiger partial charge in [0, 0.05) is 24.4 Å². The van der Waals surface area contributed by atoms with Crippen LogP contribution in [0.15, 0.2) is 30.9 Å². The number of nitrogens with two attached hydrogens (primary N) is 2. The third kappa shape index (κ3) is 1.64. The van der Waals surface area contributed by atoms with Crippen molar-refractivity contribution in [2.24, 2.45) is 0 Å². The molecule has 5 N–H and O–H groups in total. The zero-order valence-electron chi connectivity index (χ0n) is 9.59. The second kappa shape index (κ2) is 3.99. The number of H-pyrrole nitrogens is 1. The van der Waals surface area contributed by atoms with E-state index in [4.69, 9.17) is 11.5 Å². The van der Waals surface area contributed by atoms with Crippen LogP contribution in [0.2, 0.25) is 0 Å². The third-order valence-corrected chi connectivity index (χ3v) is 2.84. The van der Waals surface area contributed by atoms with Crippen LogP contribution in [0, 0.1) is 0 Å². The lowest BCUT2D eigenvalue weighted by Gasteiger charge is -2.07. The minimum Gasteiger partial charge on any atom is -0.383 e. The molecule has 0 amide bonds. The smallest absolute Gasteiger partial charge is 0.151 e. The van der Waals surface area contributed by atoms with E-state index >= 15 is 0 Å². The molecule has 3 aromatic heterocycles. The predicted molar refractivity (Wildman–Crippen MR) is 69.8 cm³/mol. The Hall–Kier alpha value is -2.63. The Morgan fingerprint density at radius 1 is 1.22 bits per heavy atom. The van der Waals surface area contributed by atoms with Crippen LogP contribution in [-0.2, 0) is 6.42 Å². The molecule has 0 aliphatic heterocycles. The summed E-state index contributed by atoms with van der Waals surface area (Å²) in [4.78, 5) is 15.4. The molecule has 18 heavy (non-hydrogen) atoms. The van der Waals surface area contributed by atoms with E-state index in [2.05, 4.69) is 19.9 Å². The van der Waals surface area contributed by atoms with Crippen LogP contribution >= 0.6 is 0 Å². The van der Waals surface area contributed by atoms with Gasteiger partial charge < -0.3 is 16.5 Å². The van der Waals surface area contributed by atoms with E-state index in [1.54, 1.807) is 18.7 Å². The molecule has 90 valence electrons. The number of nitrogens with one attached hydrogen (secondary N) is 1. The van der Waals surface area contributed by atoms with E-state index in [1.807, 2.05) is 12.1 Å². The van der Waals surface area contributed by atoms with Gasteiger partial charge >= 0.3 is 0 Å². The van der Waals surface area contributed by atoms with E-state index in [9.17, 15) is 0 Å². The first-order valence-corrected chi connectivity index (χ1v) is 5.51. The number of hydrogen-bond acceptors (Lipinski definition) is 5. The number of pyridine rings is 2. The number of hydrogen-bond donors (Lipinski definition) is 3. The molecule has 0 spiro atoms. The Kier molecular flexibility index (Phi) is 2.33. The first-order chi connectivity index (χ1) is 8.75. The van der Waals surface area contributed by atoms with Gasteiger partial charge in [-0.05, 0) is 11.6 Å². The highest BCUT2D eigenvalue weighted by Crippen LogP contribution is 2.25. The number of aromatic amines is 1. The Labute approximate surface area is 103 Å². The van der Waals surface area contributed by atoms with Crippen molar-refractivity contribution in [2.75, 3.05) is 11.5 Å². The minimum absolute atomic E-state index is 0.370. The summed E-state index contributed by atoms with van der Waals surface area (Å²) in [5, 5.41) is 0. The zero-order valence-corrected chi connectivity index (χ0v) is 9.59. The monoisotopic (exact) mass is 240 g/mol. The number of nitrogens with zero attached hydrogens (tertiary/aromatic N) is 3. The van der Waals surface area contributed by atoms with Crippen LogP contribution in [0.4, 0.5) is 11.6 Å². The molecule has 3 heterocycles. The Morgan fingerprint density at radius 2 is 2.11 bits per heavy atom. The molecule has 0 aromatic carbocycles. The molecule has 0 radical (unpaired) electrons. The molecule has 0 aliphatic carbocycles. The molecular weight excluding hydrogens is 228 g/mol. The van der Waals surface area contributed by atoms with Gasteiger partial charge in [-0.15, -0.1) is 0 Å². The number of rotatable bonds is 2. The van der Waals surface area contributed by atoms with Crippen molar-refractivity contribution in [3.63, 3.8) is 0 Å². The van der Waals surface area contributed by atoms with Crippen molar-refractivity contribution < 1.29 is 0 Å². The van der Waals surface area contributed by atoms with Gasteiger partial charge in [-0.3, -0.25) is 4.98 Å². The summed E-state index contributed by atoms with van der Waals surface area (Å²) in [6.45, 7) is 0. The van der Waals surface area contributed by atoms with Crippen molar-refractivity contribution in [3.8, 4) is 0 Å². The molecule has 0 saturated heterocycles. The largest absolute Gasteiger partial charge is 0.383 e. The van der Waals surface area contributed by atoms with Gasteiger partial charge in [-0.2, -0.15) is 0 Å². The first kappa shape index (κ1) is 10.5. The summed E-state index contributed by atoms with van der Waals surface area (Å²) in [6.07, 6.45) is 5.76. The lowest BCUT2D eigenvalue weighted by molar-refractivity contribution is 1.14. The van der Waals surface area contributed by atoms with E-state index in [1.165, 1.54) is 0 Å². The van der Waals surface area contributed by atoms with E-state index in [-0.39, 0.29) is 0 Å². The predicted octanol–water partition coefficient (Wildman–Crippen LogP) is 1.11. The summed E-state index contributed by atoms with van der Waals surface area (Å²) in [6, 6.07) is 3.87. The maximum Gasteiger partial charge on any atom is 0.151 e. The molecule has 0 saturated carbocycles. The standard InChI is InChI=1S/C12H12N6/c13-11-8(4-7-2-1-3-15-5-7)9-10(12(14)18-11)17-6-16-9/h1-3,5-6H,4H2,(H,16,17)(H4,13,14,18). The number of anilines is 2. The second-order valence-corrected chi connectivity index (χ2v) is 4.03. The van der Waals surface area contributed by atoms with Gasteiger partial charge in [-0.25, -0.2) is 9.97 Å². The van der Waals surface area contributed by atoms with Crippen LogP contribution < -0.4 is 11.5 Å². The summed E-state index contributed by atoms with van der Waals surface area (Å²) in [5.74, 6) is 0.783. The summed E-state index contributed by atoms with van der Waals surface area (Å²) >= 11 is 0. The van der Waals surface area contributed by atoms with Crippen molar-refractivity contribution in [1.82, 2.24) is 19.9 Å². The molecule has 3 rings (SSSR count). The van der Waals surface area contributed by atoms with Gasteiger partial charge in [0.15, 0.2) is 5.82 Å². The van der Waals surface area contributed by atoms with E-state index in [0.717, 1.165) is 22.2 Å². The Morgan fingerprint density at radius 3 is 2.89 bits per heavy atom. The molecular formula is C12H12N6. The van der Waals surface area contributed by atoms with Gasteiger partial charge in [-0.1, -0.05) is 6.07 Å². The molecule has 0 bridgehead atoms. The SMILES string of the molecule is Nc1nc(N)c2[nH]cnc2c1Cc1cccnc1. The topological polar surface area (TPSA) is 106 Å². The fourth-order valence-electron chi connectivity index (χ4n) is 1.97. The average molecular weight is 240 g/mol. The number of fused-ring (bicyclic) bond motifs is 1. The lowest BCUT2D eigenvalue weighted by Crippen LogP contribution is -2.04. The third-order valence-electron chi connectivity index (χ3n) is 2.84. The highest BCUT2D eigenvalue weighted by molar-refractivity contribution is 5.90. The Bertz CT molecular complexity index is 688. The summed E-state index contributed by atoms with van der Waals surface area (Å²) in [5.41, 5.74) is 15.1. The highest BCUT2D eigenvalue weighted by atomic mass is 15.0. The van der Waals surface area contributed by atoms with Crippen LogP contribution in [0.25, 0.3) is 11.0 Å². The number of aromatic nitrogens is 4. The summed E-state index contributed by atoms with van der Waals surface area (Å²) in [7, 11) is 0. The van der Waals surface area contributed by atoms with Crippen molar-refractivity contribution in [3.05, 3.63) is 42.0 Å². The zero-order chi connectivity index (χ0) is 12.5. The van der Waals surface area contributed by atoms with Crippen LogP contribution in [-0.4, -0.2) is 19.9 Å². The quantitative estimate of drug-likeness (QED) is 0.622. The van der Waals surface area contributed by atoms with Crippen molar-refractivity contribution >= 4 is 22.7 Å². The van der Waals surface area contributed by atoms with Crippen LogP contribution in [0.1, 0.15) is 11.1 Å². The van der Waals surface area contributed by atoms with Gasteiger partial charge in [0.25, 0.3) is 0 Å². The average Bonchev–Trinajstić information content (AvgIpc) is 2.85. The van der Waals surface area contributed by atoms with E-state index in [0.29, 0.717) is 18.1 Å². The fraction of sp³-hybridized carbons (Fsp3) is 0.0833. The van der Waals surface area contributed by atoms with Crippen molar-refractivity contribution in [1.29, 1.82) is 0 Å². The molecule has 0 fully saturated rings. The molecule has 6 nitrogen and oxygen atoms in total. The number of nitrogen functional groups attached to an aromatic ring is 2. The van der Waals surface area contributed by atoms with Gasteiger partial charge in [0.05, 0.1) is 11.8 Å². The molecule has 6 heteroatoms. The lowest BCUT2D eigenvalue weighted by atomic mass is 10.1. The van der Waals surface area contributed by atoms with Crippen molar-refractivity contribution in [2.45, 2.75) is 6.42 Å². The molecule has 3 aromatic rings. The maximum atomic E-state index is 5.93. The summed E-state index contributed by atoms with van der Waals surface area (Å²) < 4.78 is 0. The highest BCUT2D eigenvalue weighted by Gasteiger charge is 2.13. The fourth-order valence-corrected chi connectivity index (χ4v) is 1.97. The van der Waals surface area contributed by atoms with Gasteiger partial charge in [0.1, 0.15) is 11.3 Å². The maximum absolute atomic E-state index is 5.93. The Balaban J connectivity index is 2.14. The number of imidazole rings is 1. The molecule has 0 atom stereocenters. The van der Waals surface area contributed by atoms with Crippen LogP contribution in [0.3, 0.4) is 0 Å². The minimum atomic E-state index is 0.370. The van der Waals surface area contributed by atoms with Crippen LogP contribution in [0.5, 0.6) is 0 Å². The normalized spacial score (nSPS) is 10.9. The van der Waals surface area contributed by atoms with Gasteiger partial charge in [0.2, 0.25) is 0 Å². The second-order valence-electron chi connectivity index (χ2n) is 4.03. The first-order valence-electron chi connectivity index (χ1n) is 5.51. The molecule has 0 aliphatic rings. The van der Waals surface area contributed by atoms with E-state index < -0.39 is 0 Å².